The Balaban J connectivity index is 2.86. The molecule has 0 fully saturated rings. The molecule has 1 rings (SSSR count). The van der Waals surface area contributed by atoms with Crippen molar-refractivity contribution < 1.29 is 0 Å². The maximum absolute atomic E-state index is 6.00. The van der Waals surface area contributed by atoms with Crippen molar-refractivity contribution >= 4 is 23.2 Å². The zero-order chi connectivity index (χ0) is 9.84. The van der Waals surface area contributed by atoms with Gasteiger partial charge in [0.05, 0.1) is 0 Å². The minimum absolute atomic E-state index is 0.482. The number of rotatable bonds is 3. The van der Waals surface area contributed by atoms with E-state index >= 15 is 0 Å². The first kappa shape index (κ1) is 10.7. The van der Waals surface area contributed by atoms with Crippen molar-refractivity contribution in [3.8, 4) is 0 Å². The van der Waals surface area contributed by atoms with Crippen LogP contribution < -0.4 is 10.9 Å². The van der Waals surface area contributed by atoms with Crippen LogP contribution in [0.1, 0.15) is 26.7 Å². The lowest BCUT2D eigenvalue weighted by molar-refractivity contribution is 0.564. The summed E-state index contributed by atoms with van der Waals surface area (Å²) < 4.78 is 0. The molecular weight excluding hydrogens is 207 g/mol. The molecule has 1 heterocycles. The van der Waals surface area contributed by atoms with Gasteiger partial charge in [0.2, 0.25) is 0 Å². The van der Waals surface area contributed by atoms with E-state index in [2.05, 4.69) is 24.7 Å². The second-order valence-electron chi connectivity index (χ2n) is 3.03. The van der Waals surface area contributed by atoms with Crippen molar-refractivity contribution in [2.24, 2.45) is 5.92 Å². The molecule has 0 aromatic rings. The van der Waals surface area contributed by atoms with Gasteiger partial charge >= 0.3 is 0 Å². The highest BCUT2D eigenvalue weighted by Crippen LogP contribution is 2.27. The van der Waals surface area contributed by atoms with Gasteiger partial charge in [0.15, 0.2) is 0 Å². The number of halogens is 2. The van der Waals surface area contributed by atoms with Gasteiger partial charge in [-0.3, -0.25) is 10.9 Å². The smallest absolute Gasteiger partial charge is 0.124 e. The molecular formula is C9H14Cl2N2. The maximum Gasteiger partial charge on any atom is 0.124 e. The Morgan fingerprint density at radius 2 is 1.85 bits per heavy atom. The van der Waals surface area contributed by atoms with Crippen molar-refractivity contribution in [3.05, 3.63) is 22.0 Å². The summed E-state index contributed by atoms with van der Waals surface area (Å²) >= 11 is 11.8. The van der Waals surface area contributed by atoms with Crippen molar-refractivity contribution in [2.45, 2.75) is 26.7 Å². The number of hydrogen-bond donors (Lipinski definition) is 2. The van der Waals surface area contributed by atoms with E-state index in [1.54, 1.807) is 0 Å². The van der Waals surface area contributed by atoms with Crippen LogP contribution in [0.2, 0.25) is 0 Å². The molecule has 0 bridgehead atoms. The SMILES string of the molecule is CCC(CC)C1=C(Cl)NNC(Cl)=C1. The highest BCUT2D eigenvalue weighted by molar-refractivity contribution is 6.32. The molecule has 0 atom stereocenters. The highest BCUT2D eigenvalue weighted by atomic mass is 35.5. The van der Waals surface area contributed by atoms with Crippen LogP contribution in [0.3, 0.4) is 0 Å². The lowest BCUT2D eigenvalue weighted by Crippen LogP contribution is -2.31. The molecule has 4 heteroatoms. The predicted octanol–water partition coefficient (Wildman–Crippen LogP) is 3.06. The molecule has 0 aromatic carbocycles. The van der Waals surface area contributed by atoms with Crippen LogP contribution in [0.15, 0.2) is 22.0 Å². The number of hydrazine groups is 1. The third-order valence-electron chi connectivity index (χ3n) is 2.25. The number of allylic oxidation sites excluding steroid dienone is 2. The minimum atomic E-state index is 0.482. The normalized spacial score (nSPS) is 16.8. The molecule has 13 heavy (non-hydrogen) atoms. The molecule has 0 unspecified atom stereocenters. The van der Waals surface area contributed by atoms with Crippen molar-refractivity contribution in [3.63, 3.8) is 0 Å². The van der Waals surface area contributed by atoms with Crippen LogP contribution in [0.4, 0.5) is 0 Å². The predicted molar refractivity (Wildman–Crippen MR) is 57.2 cm³/mol. The molecule has 0 saturated carbocycles. The quantitative estimate of drug-likeness (QED) is 0.715. The topological polar surface area (TPSA) is 24.1 Å². The van der Waals surface area contributed by atoms with E-state index in [4.69, 9.17) is 23.2 Å². The third kappa shape index (κ3) is 2.55. The van der Waals surface area contributed by atoms with Gasteiger partial charge in [0, 0.05) is 0 Å². The van der Waals surface area contributed by atoms with Crippen LogP contribution in [0.25, 0.3) is 0 Å². The molecule has 0 saturated heterocycles. The van der Waals surface area contributed by atoms with Crippen LogP contribution in [0, 0.1) is 5.92 Å². The van der Waals surface area contributed by atoms with Crippen LogP contribution in [0.5, 0.6) is 0 Å². The molecule has 0 spiro atoms. The Labute approximate surface area is 89.0 Å². The van der Waals surface area contributed by atoms with Gasteiger partial charge in [-0.1, -0.05) is 37.0 Å². The molecule has 74 valence electrons. The van der Waals surface area contributed by atoms with E-state index in [-0.39, 0.29) is 0 Å². The summed E-state index contributed by atoms with van der Waals surface area (Å²) in [5.41, 5.74) is 6.67. The average Bonchev–Trinajstić information content (AvgIpc) is 2.13. The monoisotopic (exact) mass is 220 g/mol. The van der Waals surface area contributed by atoms with Crippen LogP contribution >= 0.6 is 23.2 Å². The Kier molecular flexibility index (Phi) is 3.94. The fourth-order valence-corrected chi connectivity index (χ4v) is 1.87. The van der Waals surface area contributed by atoms with Crippen molar-refractivity contribution in [2.75, 3.05) is 0 Å². The summed E-state index contributed by atoms with van der Waals surface area (Å²) in [6.07, 6.45) is 4.03. The summed E-state index contributed by atoms with van der Waals surface area (Å²) in [6.45, 7) is 4.30. The van der Waals surface area contributed by atoms with E-state index in [1.165, 1.54) is 0 Å². The largest absolute Gasteiger partial charge is 0.289 e. The average molecular weight is 221 g/mol. The van der Waals surface area contributed by atoms with E-state index in [9.17, 15) is 0 Å². The molecule has 2 nitrogen and oxygen atoms in total. The fourth-order valence-electron chi connectivity index (χ4n) is 1.45. The molecule has 0 radical (unpaired) electrons. The zero-order valence-corrected chi connectivity index (χ0v) is 9.34. The zero-order valence-electron chi connectivity index (χ0n) is 7.82. The van der Waals surface area contributed by atoms with Crippen molar-refractivity contribution in [1.82, 2.24) is 10.9 Å². The lowest BCUT2D eigenvalue weighted by atomic mass is 9.94. The summed E-state index contributed by atoms with van der Waals surface area (Å²) in [7, 11) is 0. The van der Waals surface area contributed by atoms with E-state index in [1.807, 2.05) is 6.08 Å². The number of nitrogens with one attached hydrogen (secondary N) is 2. The molecule has 0 aliphatic carbocycles. The second-order valence-corrected chi connectivity index (χ2v) is 3.81. The Morgan fingerprint density at radius 3 is 2.38 bits per heavy atom. The minimum Gasteiger partial charge on any atom is -0.289 e. The first-order chi connectivity index (χ1) is 6.19. The third-order valence-corrected chi connectivity index (χ3v) is 2.77. The molecule has 1 aliphatic rings. The molecule has 0 amide bonds. The molecule has 2 N–H and O–H groups in total. The van der Waals surface area contributed by atoms with Crippen molar-refractivity contribution in [1.29, 1.82) is 0 Å². The summed E-state index contributed by atoms with van der Waals surface area (Å²) in [5.74, 6) is 0.482. The Morgan fingerprint density at radius 1 is 1.23 bits per heavy atom. The Hall–Kier alpha value is -0.340. The van der Waals surface area contributed by atoms with Gasteiger partial charge in [0.1, 0.15) is 10.3 Å². The molecule has 0 aromatic heterocycles. The van der Waals surface area contributed by atoms with E-state index < -0.39 is 0 Å². The maximum atomic E-state index is 6.00. The lowest BCUT2D eigenvalue weighted by Gasteiger charge is -2.22. The van der Waals surface area contributed by atoms with Gasteiger partial charge in [-0.15, -0.1) is 0 Å². The summed E-state index contributed by atoms with van der Waals surface area (Å²) in [4.78, 5) is 0. The van der Waals surface area contributed by atoms with Crippen LogP contribution in [-0.2, 0) is 0 Å². The molecule has 1 aliphatic heterocycles. The Bertz CT molecular complexity index is 242. The standard InChI is InChI=1S/C9H14Cl2N2/c1-3-6(4-2)7-5-8(10)12-13-9(7)11/h5-6,12-13H,3-4H2,1-2H3. The van der Waals surface area contributed by atoms with E-state index in [0.29, 0.717) is 16.2 Å². The van der Waals surface area contributed by atoms with Gasteiger partial charge in [-0.05, 0) is 30.4 Å². The summed E-state index contributed by atoms with van der Waals surface area (Å²) in [5, 5.41) is 1.24. The van der Waals surface area contributed by atoms with E-state index in [0.717, 1.165) is 18.4 Å². The van der Waals surface area contributed by atoms with Gasteiger partial charge in [0.25, 0.3) is 0 Å². The first-order valence-electron chi connectivity index (χ1n) is 4.47. The first-order valence-corrected chi connectivity index (χ1v) is 5.23. The van der Waals surface area contributed by atoms with Crippen LogP contribution in [-0.4, -0.2) is 0 Å². The number of hydrogen-bond acceptors (Lipinski definition) is 2. The van der Waals surface area contributed by atoms with Gasteiger partial charge in [-0.25, -0.2) is 0 Å². The fraction of sp³-hybridized carbons (Fsp3) is 0.556. The van der Waals surface area contributed by atoms with Gasteiger partial charge in [-0.2, -0.15) is 0 Å². The summed E-state index contributed by atoms with van der Waals surface area (Å²) in [6, 6.07) is 0. The highest BCUT2D eigenvalue weighted by Gasteiger charge is 2.16. The second kappa shape index (κ2) is 4.77. The van der Waals surface area contributed by atoms with Gasteiger partial charge < -0.3 is 0 Å².